The minimum atomic E-state index is -4.72. The number of alkyl carbamates (subject to hydrolysis) is 1. The summed E-state index contributed by atoms with van der Waals surface area (Å²) >= 11 is 0. The molecule has 1 N–H and O–H groups in total. The van der Waals surface area contributed by atoms with Gasteiger partial charge in [0.25, 0.3) is 0 Å². The van der Waals surface area contributed by atoms with Crippen LogP contribution in [0.15, 0.2) is 18.2 Å². The van der Waals surface area contributed by atoms with E-state index in [-0.39, 0.29) is 29.0 Å². The summed E-state index contributed by atoms with van der Waals surface area (Å²) in [4.78, 5) is 25.8. The van der Waals surface area contributed by atoms with Gasteiger partial charge in [-0.1, -0.05) is 6.07 Å². The zero-order chi connectivity index (χ0) is 20.8. The van der Waals surface area contributed by atoms with Crippen molar-refractivity contribution >= 4 is 12.0 Å². The highest BCUT2D eigenvalue weighted by atomic mass is 19.4. The summed E-state index contributed by atoms with van der Waals surface area (Å²) in [7, 11) is 0. The second-order valence-electron chi connectivity index (χ2n) is 8.31. The quantitative estimate of drug-likeness (QED) is 0.825. The fourth-order valence-corrected chi connectivity index (χ4v) is 4.67. The van der Waals surface area contributed by atoms with Crippen molar-refractivity contribution in [3.8, 4) is 5.75 Å². The van der Waals surface area contributed by atoms with Crippen LogP contribution in [0.3, 0.4) is 0 Å². The second kappa shape index (κ2) is 7.11. The number of nitrogens with one attached hydrogen (secondary N) is 1. The molecule has 1 aliphatic carbocycles. The fourth-order valence-electron chi connectivity index (χ4n) is 4.67. The molecule has 1 spiro atoms. The maximum Gasteiger partial charge on any atom is 0.573 e. The van der Waals surface area contributed by atoms with Crippen LogP contribution in [0, 0.1) is 12.8 Å². The van der Waals surface area contributed by atoms with Gasteiger partial charge in [-0.2, -0.15) is 0 Å². The van der Waals surface area contributed by atoms with Crippen LogP contribution in [0.1, 0.15) is 42.7 Å². The molecule has 0 bridgehead atoms. The van der Waals surface area contributed by atoms with Crippen LogP contribution in [-0.2, 0) is 9.53 Å². The van der Waals surface area contributed by atoms with Crippen LogP contribution in [0.5, 0.6) is 5.75 Å². The van der Waals surface area contributed by atoms with Gasteiger partial charge < -0.3 is 19.7 Å². The van der Waals surface area contributed by atoms with Gasteiger partial charge in [0.2, 0.25) is 5.91 Å². The Balaban J connectivity index is 1.33. The number of nitrogens with zero attached hydrogens (tertiary/aromatic N) is 1. The number of carbonyl (C=O) groups is 2. The van der Waals surface area contributed by atoms with Crippen LogP contribution in [0.25, 0.3) is 0 Å². The largest absolute Gasteiger partial charge is 0.573 e. The molecular formula is C20H23F3N2O4. The molecule has 29 heavy (non-hydrogen) atoms. The van der Waals surface area contributed by atoms with E-state index in [9.17, 15) is 22.8 Å². The van der Waals surface area contributed by atoms with Gasteiger partial charge in [-0.05, 0) is 61.8 Å². The van der Waals surface area contributed by atoms with Gasteiger partial charge in [0.1, 0.15) is 12.4 Å². The summed E-state index contributed by atoms with van der Waals surface area (Å²) in [5, 5.41) is 2.79. The summed E-state index contributed by atoms with van der Waals surface area (Å²) in [6.45, 7) is 3.19. The number of ether oxygens (including phenoxy) is 2. The number of rotatable bonds is 3. The molecule has 0 radical (unpaired) electrons. The highest BCUT2D eigenvalue weighted by molar-refractivity contribution is 5.81. The molecule has 158 valence electrons. The van der Waals surface area contributed by atoms with E-state index >= 15 is 0 Å². The number of aryl methyl sites for hydroxylation is 1. The van der Waals surface area contributed by atoms with Gasteiger partial charge >= 0.3 is 12.5 Å². The normalized spacial score (nSPS) is 27.4. The molecule has 0 unspecified atom stereocenters. The van der Waals surface area contributed by atoms with Gasteiger partial charge in [-0.3, -0.25) is 4.79 Å². The Labute approximate surface area is 166 Å². The molecule has 2 aliphatic heterocycles. The Morgan fingerprint density at radius 1 is 1.24 bits per heavy atom. The third kappa shape index (κ3) is 4.28. The van der Waals surface area contributed by atoms with Gasteiger partial charge in [-0.25, -0.2) is 4.79 Å². The molecule has 0 aromatic heterocycles. The van der Waals surface area contributed by atoms with Crippen molar-refractivity contribution < 1.29 is 32.2 Å². The summed E-state index contributed by atoms with van der Waals surface area (Å²) < 4.78 is 46.6. The summed E-state index contributed by atoms with van der Waals surface area (Å²) in [5.74, 6) is -0.142. The topological polar surface area (TPSA) is 67.9 Å². The molecule has 1 aromatic rings. The van der Waals surface area contributed by atoms with E-state index in [4.69, 9.17) is 4.74 Å². The van der Waals surface area contributed by atoms with E-state index in [0.29, 0.717) is 50.9 Å². The van der Waals surface area contributed by atoms with Crippen molar-refractivity contribution in [3.05, 3.63) is 29.3 Å². The van der Waals surface area contributed by atoms with Crippen LogP contribution in [0.4, 0.5) is 18.0 Å². The molecule has 2 heterocycles. The van der Waals surface area contributed by atoms with E-state index < -0.39 is 12.5 Å². The molecule has 3 aliphatic rings. The van der Waals surface area contributed by atoms with Crippen molar-refractivity contribution in [2.45, 2.75) is 50.4 Å². The summed E-state index contributed by atoms with van der Waals surface area (Å²) in [6.07, 6.45) is -2.58. The van der Waals surface area contributed by atoms with Crippen molar-refractivity contribution in [1.29, 1.82) is 0 Å². The molecule has 3 fully saturated rings. The van der Waals surface area contributed by atoms with Crippen LogP contribution in [0.2, 0.25) is 0 Å². The number of hydrogen-bond donors (Lipinski definition) is 1. The Morgan fingerprint density at radius 3 is 2.52 bits per heavy atom. The van der Waals surface area contributed by atoms with E-state index in [2.05, 4.69) is 10.1 Å². The molecule has 9 heteroatoms. The van der Waals surface area contributed by atoms with Crippen molar-refractivity contribution in [2.75, 3.05) is 19.7 Å². The first-order valence-electron chi connectivity index (χ1n) is 9.74. The van der Waals surface area contributed by atoms with Crippen molar-refractivity contribution in [1.82, 2.24) is 10.2 Å². The molecule has 1 saturated carbocycles. The number of likely N-dealkylation sites (tertiary alicyclic amines) is 1. The van der Waals surface area contributed by atoms with Crippen molar-refractivity contribution in [2.24, 2.45) is 5.92 Å². The maximum atomic E-state index is 12.7. The first kappa shape index (κ1) is 19.8. The second-order valence-corrected chi connectivity index (χ2v) is 8.31. The standard InChI is InChI=1S/C20H23F3N2O4/c1-12-6-14(8-16(7-12)29-20(21,22)23)13-2-4-25(5-3-13)17(26)15-9-19(10-15)11-28-18(27)24-19/h6-8,13,15H,2-5,9-11H2,1H3,(H,24,27)/t15-,19+. The van der Waals surface area contributed by atoms with Crippen LogP contribution >= 0.6 is 0 Å². The lowest BCUT2D eigenvalue weighted by molar-refractivity contribution is -0.274. The maximum absolute atomic E-state index is 12.7. The minimum Gasteiger partial charge on any atom is -0.447 e. The Morgan fingerprint density at radius 2 is 1.93 bits per heavy atom. The zero-order valence-corrected chi connectivity index (χ0v) is 16.1. The fraction of sp³-hybridized carbons (Fsp3) is 0.600. The predicted octanol–water partition coefficient (Wildman–Crippen LogP) is 3.49. The predicted molar refractivity (Wildman–Crippen MR) is 96.4 cm³/mol. The lowest BCUT2D eigenvalue weighted by atomic mass is 9.68. The number of cyclic esters (lactones) is 1. The zero-order valence-electron chi connectivity index (χ0n) is 16.1. The van der Waals surface area contributed by atoms with Crippen molar-refractivity contribution in [3.63, 3.8) is 0 Å². The number of amides is 2. The Bertz CT molecular complexity index is 812. The van der Waals surface area contributed by atoms with E-state index in [1.807, 2.05) is 11.0 Å². The average Bonchev–Trinajstić information content (AvgIpc) is 3.00. The SMILES string of the molecule is Cc1cc(OC(F)(F)F)cc(C2CCN(C(=O)[C@H]3C[C@]4(COC(=O)N4)C3)CC2)c1. The highest BCUT2D eigenvalue weighted by Crippen LogP contribution is 2.42. The first-order valence-corrected chi connectivity index (χ1v) is 9.74. The smallest absolute Gasteiger partial charge is 0.447 e. The van der Waals surface area contributed by atoms with Gasteiger partial charge in [0, 0.05) is 19.0 Å². The Hall–Kier alpha value is -2.45. The monoisotopic (exact) mass is 412 g/mol. The summed E-state index contributed by atoms with van der Waals surface area (Å²) in [5.41, 5.74) is 1.14. The minimum absolute atomic E-state index is 0.0839. The number of benzene rings is 1. The molecule has 1 aromatic carbocycles. The highest BCUT2D eigenvalue weighted by Gasteiger charge is 2.53. The number of piperidine rings is 1. The molecule has 2 amide bonds. The molecule has 6 nitrogen and oxygen atoms in total. The molecular weight excluding hydrogens is 389 g/mol. The van der Waals surface area contributed by atoms with E-state index in [0.717, 1.165) is 5.56 Å². The lowest BCUT2D eigenvalue weighted by Gasteiger charge is -2.45. The Kier molecular flexibility index (Phi) is 4.86. The van der Waals surface area contributed by atoms with E-state index in [1.54, 1.807) is 6.92 Å². The van der Waals surface area contributed by atoms with Gasteiger partial charge in [0.15, 0.2) is 0 Å². The number of alkyl halides is 3. The molecule has 2 saturated heterocycles. The molecule has 0 atom stereocenters. The number of carbonyl (C=O) groups excluding carboxylic acids is 2. The summed E-state index contributed by atoms with van der Waals surface area (Å²) in [6, 6.07) is 4.69. The lowest BCUT2D eigenvalue weighted by Crippen LogP contribution is -2.58. The average molecular weight is 412 g/mol. The third-order valence-electron chi connectivity index (χ3n) is 6.06. The van der Waals surface area contributed by atoms with Gasteiger partial charge in [-0.15, -0.1) is 13.2 Å². The van der Waals surface area contributed by atoms with E-state index in [1.165, 1.54) is 12.1 Å². The first-order chi connectivity index (χ1) is 13.6. The third-order valence-corrected chi connectivity index (χ3v) is 6.06. The number of hydrogen-bond acceptors (Lipinski definition) is 4. The molecule has 4 rings (SSSR count). The number of halogens is 3. The van der Waals surface area contributed by atoms with Gasteiger partial charge in [0.05, 0.1) is 5.54 Å². The van der Waals surface area contributed by atoms with Crippen LogP contribution < -0.4 is 10.1 Å². The van der Waals surface area contributed by atoms with Crippen LogP contribution in [-0.4, -0.2) is 48.5 Å².